The van der Waals surface area contributed by atoms with Crippen LogP contribution in [0.3, 0.4) is 0 Å². The number of hydrogen-bond acceptors (Lipinski definition) is 5. The SMILES string of the molecule is CO[C@@H](C[C@@H](O)CC=O)C[C@H]1O[C@H](C[C@H](/C=C/CC(C)C)O[Si](C)(C)C(C)(C)C)CC[C@@H]1C. The molecule has 0 saturated carbocycles. The van der Waals surface area contributed by atoms with Gasteiger partial charge in [-0.1, -0.05) is 53.7 Å². The molecule has 0 unspecified atom stereocenters. The molecule has 0 aromatic heterocycles. The van der Waals surface area contributed by atoms with Crippen LogP contribution < -0.4 is 0 Å². The third-order valence-corrected chi connectivity index (χ3v) is 11.9. The lowest BCUT2D eigenvalue weighted by Gasteiger charge is -2.41. The fourth-order valence-corrected chi connectivity index (χ4v) is 5.37. The molecule has 5 nitrogen and oxygen atoms in total. The summed E-state index contributed by atoms with van der Waals surface area (Å²) >= 11 is 0. The Bertz CT molecular complexity index is 584. The molecule has 6 heteroatoms. The lowest BCUT2D eigenvalue weighted by Crippen LogP contribution is -2.45. The van der Waals surface area contributed by atoms with Crippen LogP contribution in [0.5, 0.6) is 0 Å². The Kier molecular flexibility index (Phi) is 13.1. The fourth-order valence-electron chi connectivity index (χ4n) is 4.09. The molecule has 6 atom stereocenters. The third kappa shape index (κ3) is 11.2. The van der Waals surface area contributed by atoms with E-state index in [1.807, 2.05) is 0 Å². The first kappa shape index (κ1) is 30.5. The number of ether oxygens (including phenoxy) is 2. The Hall–Kier alpha value is -0.533. The molecule has 0 radical (unpaired) electrons. The quantitative estimate of drug-likeness (QED) is 0.178. The molecule has 1 saturated heterocycles. The summed E-state index contributed by atoms with van der Waals surface area (Å²) in [6.07, 6.45) is 10.3. The van der Waals surface area contributed by atoms with E-state index >= 15 is 0 Å². The molecule has 1 fully saturated rings. The molecule has 0 aromatic carbocycles. The van der Waals surface area contributed by atoms with Crippen LogP contribution in [-0.4, -0.2) is 57.3 Å². The van der Waals surface area contributed by atoms with E-state index in [9.17, 15) is 9.90 Å². The zero-order valence-electron chi connectivity index (χ0n) is 22.8. The number of aldehydes is 1. The normalized spacial score (nSPS) is 25.4. The minimum atomic E-state index is -1.90. The summed E-state index contributed by atoms with van der Waals surface area (Å²) in [5.41, 5.74) is 0. The Balaban J connectivity index is 2.85. The van der Waals surface area contributed by atoms with Gasteiger partial charge in [0.2, 0.25) is 0 Å². The minimum Gasteiger partial charge on any atom is -0.410 e. The van der Waals surface area contributed by atoms with E-state index < -0.39 is 14.4 Å². The first-order chi connectivity index (χ1) is 15.3. The zero-order chi connectivity index (χ0) is 25.2. The molecule has 194 valence electrons. The van der Waals surface area contributed by atoms with Crippen molar-refractivity contribution in [1.29, 1.82) is 0 Å². The maximum absolute atomic E-state index is 10.7. The molecule has 33 heavy (non-hydrogen) atoms. The van der Waals surface area contributed by atoms with Gasteiger partial charge < -0.3 is 23.8 Å². The van der Waals surface area contributed by atoms with Crippen LogP contribution in [0, 0.1) is 11.8 Å². The van der Waals surface area contributed by atoms with Crippen molar-refractivity contribution in [1.82, 2.24) is 0 Å². The van der Waals surface area contributed by atoms with E-state index in [1.165, 1.54) is 0 Å². The van der Waals surface area contributed by atoms with Crippen LogP contribution in [0.1, 0.15) is 86.5 Å². The monoisotopic (exact) mass is 484 g/mol. The fraction of sp³-hybridized carbons (Fsp3) is 0.889. The van der Waals surface area contributed by atoms with Gasteiger partial charge >= 0.3 is 0 Å². The smallest absolute Gasteiger partial charge is 0.192 e. The van der Waals surface area contributed by atoms with E-state index in [-0.39, 0.29) is 35.9 Å². The Morgan fingerprint density at radius 1 is 1.15 bits per heavy atom. The molecule has 1 rings (SSSR count). The number of allylic oxidation sites excluding steroid dienone is 1. The molecule has 0 bridgehead atoms. The van der Waals surface area contributed by atoms with Gasteiger partial charge in [-0.2, -0.15) is 0 Å². The molecule has 1 aliphatic heterocycles. The van der Waals surface area contributed by atoms with Crippen molar-refractivity contribution >= 4 is 14.6 Å². The van der Waals surface area contributed by atoms with Gasteiger partial charge in [0.25, 0.3) is 0 Å². The van der Waals surface area contributed by atoms with Crippen molar-refractivity contribution < 1.29 is 23.8 Å². The van der Waals surface area contributed by atoms with Gasteiger partial charge in [0.1, 0.15) is 6.29 Å². The van der Waals surface area contributed by atoms with Gasteiger partial charge in [-0.15, -0.1) is 0 Å². The molecule has 0 aromatic rings. The minimum absolute atomic E-state index is 0.0660. The van der Waals surface area contributed by atoms with Crippen molar-refractivity contribution in [2.45, 2.75) is 135 Å². The molecular formula is C27H52O5Si. The van der Waals surface area contributed by atoms with E-state index in [0.717, 1.165) is 38.4 Å². The van der Waals surface area contributed by atoms with Gasteiger partial charge in [-0.05, 0) is 55.7 Å². The highest BCUT2D eigenvalue weighted by atomic mass is 28.4. The summed E-state index contributed by atoms with van der Waals surface area (Å²) in [5, 5.41) is 10.2. The highest BCUT2D eigenvalue weighted by Crippen LogP contribution is 2.39. The molecule has 1 heterocycles. The molecular weight excluding hydrogens is 432 g/mol. The van der Waals surface area contributed by atoms with E-state index in [1.54, 1.807) is 7.11 Å². The van der Waals surface area contributed by atoms with Crippen molar-refractivity contribution in [3.8, 4) is 0 Å². The highest BCUT2D eigenvalue weighted by Gasteiger charge is 2.40. The zero-order valence-corrected chi connectivity index (χ0v) is 23.8. The second-order valence-corrected chi connectivity index (χ2v) is 16.7. The number of rotatable bonds is 14. The molecule has 1 N–H and O–H groups in total. The van der Waals surface area contributed by atoms with Crippen molar-refractivity contribution in [3.63, 3.8) is 0 Å². The standard InChI is InChI=1S/C27H52O5Si/c1-20(2)11-10-12-24(32-33(8,9)27(4,5)6)18-23-14-13-21(3)26(31-23)19-25(30-7)17-22(29)15-16-28/h10,12,16,20-26,29H,11,13-15,17-19H2,1-9H3/b12-10+/t21-,22-,23-,24-,25-,26+/m0/s1. The van der Waals surface area contributed by atoms with Crippen LogP contribution in [0.15, 0.2) is 12.2 Å². The first-order valence-corrected chi connectivity index (χ1v) is 15.8. The van der Waals surface area contributed by atoms with Gasteiger partial charge in [0.15, 0.2) is 8.32 Å². The van der Waals surface area contributed by atoms with Crippen molar-refractivity contribution in [2.75, 3.05) is 7.11 Å². The Morgan fingerprint density at radius 3 is 2.36 bits per heavy atom. The second-order valence-electron chi connectivity index (χ2n) is 11.9. The van der Waals surface area contributed by atoms with Crippen LogP contribution >= 0.6 is 0 Å². The number of carbonyl (C=O) groups is 1. The molecule has 1 aliphatic rings. The van der Waals surface area contributed by atoms with Gasteiger partial charge in [0.05, 0.1) is 30.5 Å². The summed E-state index contributed by atoms with van der Waals surface area (Å²) in [5.74, 6) is 1.07. The predicted molar refractivity (Wildman–Crippen MR) is 139 cm³/mol. The average molecular weight is 485 g/mol. The maximum atomic E-state index is 10.7. The highest BCUT2D eigenvalue weighted by molar-refractivity contribution is 6.74. The third-order valence-electron chi connectivity index (χ3n) is 7.38. The Morgan fingerprint density at radius 2 is 1.82 bits per heavy atom. The lowest BCUT2D eigenvalue weighted by molar-refractivity contribution is -0.114. The summed E-state index contributed by atoms with van der Waals surface area (Å²) in [6.45, 7) is 18.2. The van der Waals surface area contributed by atoms with Crippen LogP contribution in [0.25, 0.3) is 0 Å². The maximum Gasteiger partial charge on any atom is 0.192 e. The van der Waals surface area contributed by atoms with E-state index in [0.29, 0.717) is 18.3 Å². The van der Waals surface area contributed by atoms with Crippen molar-refractivity contribution in [2.24, 2.45) is 11.8 Å². The van der Waals surface area contributed by atoms with Crippen molar-refractivity contribution in [3.05, 3.63) is 12.2 Å². The summed E-state index contributed by atoms with van der Waals surface area (Å²) in [7, 11) is -0.229. The number of methoxy groups -OCH3 is 1. The number of carbonyl (C=O) groups excluding carboxylic acids is 1. The van der Waals surface area contributed by atoms with E-state index in [4.69, 9.17) is 13.9 Å². The summed E-state index contributed by atoms with van der Waals surface area (Å²) < 4.78 is 19.0. The summed E-state index contributed by atoms with van der Waals surface area (Å²) in [4.78, 5) is 10.7. The van der Waals surface area contributed by atoms with Gasteiger partial charge in [-0.25, -0.2) is 0 Å². The Labute approximate surface area is 204 Å². The molecule has 0 spiro atoms. The summed E-state index contributed by atoms with van der Waals surface area (Å²) in [6, 6.07) is 0. The molecule has 0 aliphatic carbocycles. The van der Waals surface area contributed by atoms with Crippen LogP contribution in [0.4, 0.5) is 0 Å². The van der Waals surface area contributed by atoms with Gasteiger partial charge in [-0.3, -0.25) is 0 Å². The number of aliphatic hydroxyl groups excluding tert-OH is 1. The second kappa shape index (κ2) is 14.1. The lowest BCUT2D eigenvalue weighted by atomic mass is 9.87. The van der Waals surface area contributed by atoms with Crippen LogP contribution in [-0.2, 0) is 18.7 Å². The number of hydrogen-bond donors (Lipinski definition) is 1. The number of aliphatic hydroxyl groups is 1. The largest absolute Gasteiger partial charge is 0.410 e. The van der Waals surface area contributed by atoms with E-state index in [2.05, 4.69) is 66.8 Å². The predicted octanol–water partition coefficient (Wildman–Crippen LogP) is 6.30. The topological polar surface area (TPSA) is 65.0 Å². The van der Waals surface area contributed by atoms with Crippen LogP contribution in [0.2, 0.25) is 18.1 Å². The van der Waals surface area contributed by atoms with Gasteiger partial charge in [0, 0.05) is 26.4 Å². The average Bonchev–Trinajstić information content (AvgIpc) is 2.68. The molecule has 0 amide bonds. The first-order valence-electron chi connectivity index (χ1n) is 12.9.